The van der Waals surface area contributed by atoms with Crippen molar-refractivity contribution in [2.45, 2.75) is 39.3 Å². The van der Waals surface area contributed by atoms with Crippen LogP contribution in [0.3, 0.4) is 0 Å². The first-order valence-corrected chi connectivity index (χ1v) is 13.0. The van der Waals surface area contributed by atoms with Gasteiger partial charge in [-0.1, -0.05) is 49.2 Å². The number of unbranched alkanes of at least 4 members (excludes halogenated alkanes) is 1. The summed E-state index contributed by atoms with van der Waals surface area (Å²) in [6.45, 7) is 3.36. The molecule has 1 N–H and O–H groups in total. The molecule has 8 nitrogen and oxygen atoms in total. The molecule has 1 unspecified atom stereocenters. The SMILES string of the molecule is CCCCNC(=O)C(C)N(Cc1ccc(Cl)cc1)C(=O)CN(c1ccccc1F)S(=O)(=O)N(C)C. The molecule has 0 saturated carbocycles. The number of hydrogen-bond acceptors (Lipinski definition) is 4. The maximum atomic E-state index is 14.6. The highest BCUT2D eigenvalue weighted by atomic mass is 35.5. The predicted molar refractivity (Wildman–Crippen MR) is 136 cm³/mol. The van der Waals surface area contributed by atoms with Gasteiger partial charge in [0.1, 0.15) is 18.4 Å². The average molecular weight is 527 g/mol. The van der Waals surface area contributed by atoms with Crippen LogP contribution >= 0.6 is 11.6 Å². The van der Waals surface area contributed by atoms with Crippen molar-refractivity contribution in [3.63, 3.8) is 0 Å². The molecule has 0 heterocycles. The minimum absolute atomic E-state index is 0.0332. The lowest BCUT2D eigenvalue weighted by molar-refractivity contribution is -0.139. The van der Waals surface area contributed by atoms with Gasteiger partial charge in [-0.25, -0.2) is 8.70 Å². The first-order valence-electron chi connectivity index (χ1n) is 11.2. The molecule has 0 saturated heterocycles. The summed E-state index contributed by atoms with van der Waals surface area (Å²) in [7, 11) is -1.63. The molecule has 0 bridgehead atoms. The number of para-hydroxylation sites is 1. The Morgan fingerprint density at radius 3 is 2.29 bits per heavy atom. The van der Waals surface area contributed by atoms with E-state index in [2.05, 4.69) is 5.32 Å². The van der Waals surface area contributed by atoms with Gasteiger partial charge in [0.25, 0.3) is 0 Å². The minimum Gasteiger partial charge on any atom is -0.354 e. The average Bonchev–Trinajstić information content (AvgIpc) is 2.82. The molecular weight excluding hydrogens is 495 g/mol. The molecule has 192 valence electrons. The Hall–Kier alpha value is -2.69. The summed E-state index contributed by atoms with van der Waals surface area (Å²) in [5.74, 6) is -1.82. The topological polar surface area (TPSA) is 90.0 Å². The van der Waals surface area contributed by atoms with Gasteiger partial charge in [-0.15, -0.1) is 0 Å². The van der Waals surface area contributed by atoms with E-state index in [0.29, 0.717) is 21.4 Å². The largest absolute Gasteiger partial charge is 0.354 e. The van der Waals surface area contributed by atoms with Crippen molar-refractivity contribution in [1.82, 2.24) is 14.5 Å². The van der Waals surface area contributed by atoms with Crippen molar-refractivity contribution < 1.29 is 22.4 Å². The van der Waals surface area contributed by atoms with Gasteiger partial charge in [-0.3, -0.25) is 9.59 Å². The Kier molecular flexibility index (Phi) is 10.5. The van der Waals surface area contributed by atoms with Crippen molar-refractivity contribution in [2.75, 3.05) is 31.5 Å². The van der Waals surface area contributed by atoms with Gasteiger partial charge in [0, 0.05) is 32.2 Å². The molecule has 0 aliphatic carbocycles. The lowest BCUT2D eigenvalue weighted by Gasteiger charge is -2.33. The second-order valence-electron chi connectivity index (χ2n) is 8.22. The van der Waals surface area contributed by atoms with Gasteiger partial charge in [0.05, 0.1) is 5.69 Å². The Morgan fingerprint density at radius 1 is 1.09 bits per heavy atom. The number of hydrogen-bond donors (Lipinski definition) is 1. The summed E-state index contributed by atoms with van der Waals surface area (Å²) in [6, 6.07) is 11.2. The molecular formula is C24H32ClFN4O4S. The predicted octanol–water partition coefficient (Wildman–Crippen LogP) is 3.43. The van der Waals surface area contributed by atoms with Crippen molar-refractivity contribution in [3.8, 4) is 0 Å². The maximum Gasteiger partial charge on any atom is 0.304 e. The molecule has 0 spiro atoms. The molecule has 0 aromatic heterocycles. The van der Waals surface area contributed by atoms with Gasteiger partial charge in [0.2, 0.25) is 11.8 Å². The molecule has 35 heavy (non-hydrogen) atoms. The summed E-state index contributed by atoms with van der Waals surface area (Å²) in [5, 5.41) is 3.32. The Morgan fingerprint density at radius 2 is 1.71 bits per heavy atom. The highest BCUT2D eigenvalue weighted by Gasteiger charge is 2.33. The van der Waals surface area contributed by atoms with E-state index in [4.69, 9.17) is 11.6 Å². The Balaban J connectivity index is 2.42. The Labute approximate surface area is 211 Å². The highest BCUT2D eigenvalue weighted by molar-refractivity contribution is 7.90. The second kappa shape index (κ2) is 12.9. The summed E-state index contributed by atoms with van der Waals surface area (Å²) >= 11 is 5.97. The molecule has 1 atom stereocenters. The van der Waals surface area contributed by atoms with Crippen LogP contribution in [0.1, 0.15) is 32.3 Å². The van der Waals surface area contributed by atoms with Crippen LogP contribution in [-0.4, -0.2) is 62.7 Å². The third-order valence-electron chi connectivity index (χ3n) is 5.40. The van der Waals surface area contributed by atoms with Gasteiger partial charge in [-0.05, 0) is 43.2 Å². The van der Waals surface area contributed by atoms with Gasteiger partial charge < -0.3 is 10.2 Å². The van der Waals surface area contributed by atoms with Crippen molar-refractivity contribution in [2.24, 2.45) is 0 Å². The normalized spacial score (nSPS) is 12.3. The fourth-order valence-electron chi connectivity index (χ4n) is 3.26. The van der Waals surface area contributed by atoms with E-state index in [-0.39, 0.29) is 18.1 Å². The number of nitrogens with zero attached hydrogens (tertiary/aromatic N) is 3. The number of amides is 2. The lowest BCUT2D eigenvalue weighted by Crippen LogP contribution is -2.52. The van der Waals surface area contributed by atoms with Crippen LogP contribution in [0.4, 0.5) is 10.1 Å². The summed E-state index contributed by atoms with van der Waals surface area (Å²) in [6.07, 6.45) is 1.67. The lowest BCUT2D eigenvalue weighted by atomic mass is 10.1. The van der Waals surface area contributed by atoms with E-state index in [0.717, 1.165) is 23.2 Å². The van der Waals surface area contributed by atoms with Crippen LogP contribution in [0.2, 0.25) is 5.02 Å². The van der Waals surface area contributed by atoms with Crippen LogP contribution in [0.15, 0.2) is 48.5 Å². The molecule has 2 rings (SSSR count). The maximum absolute atomic E-state index is 14.6. The number of carbonyl (C=O) groups excluding carboxylic acids is 2. The molecule has 2 amide bonds. The molecule has 11 heteroatoms. The first kappa shape index (κ1) is 28.5. The molecule has 0 fully saturated rings. The van der Waals surface area contributed by atoms with Gasteiger partial charge >= 0.3 is 10.2 Å². The number of carbonyl (C=O) groups is 2. The van der Waals surface area contributed by atoms with Crippen molar-refractivity contribution in [1.29, 1.82) is 0 Å². The number of benzene rings is 2. The zero-order valence-corrected chi connectivity index (χ0v) is 21.9. The second-order valence-corrected chi connectivity index (χ2v) is 10.7. The number of halogens is 2. The summed E-state index contributed by atoms with van der Waals surface area (Å²) in [4.78, 5) is 27.6. The van der Waals surface area contributed by atoms with Crippen molar-refractivity contribution >= 4 is 39.3 Å². The number of anilines is 1. The van der Waals surface area contributed by atoms with E-state index in [1.165, 1.54) is 37.2 Å². The van der Waals surface area contributed by atoms with Crippen LogP contribution in [-0.2, 0) is 26.3 Å². The highest BCUT2D eigenvalue weighted by Crippen LogP contribution is 2.24. The Bertz CT molecular complexity index is 1110. The fourth-order valence-corrected chi connectivity index (χ4v) is 4.45. The molecule has 2 aromatic rings. The molecule has 0 radical (unpaired) electrons. The number of nitrogens with one attached hydrogen (secondary N) is 1. The first-order chi connectivity index (χ1) is 16.5. The van der Waals surface area contributed by atoms with Gasteiger partial charge in [-0.2, -0.15) is 12.7 Å². The summed E-state index contributed by atoms with van der Waals surface area (Å²) in [5.41, 5.74) is 0.435. The number of rotatable bonds is 12. The molecule has 0 aliphatic heterocycles. The standard InChI is InChI=1S/C24H32ClFN4O4S/c1-5-6-15-27-24(32)18(2)29(16-19-11-13-20(25)14-12-19)23(31)17-30(35(33,34)28(3)4)22-10-8-7-9-21(22)26/h7-14,18H,5-6,15-17H2,1-4H3,(H,27,32). The van der Waals surface area contributed by atoms with E-state index in [1.54, 1.807) is 31.2 Å². The van der Waals surface area contributed by atoms with Crippen LogP contribution < -0.4 is 9.62 Å². The van der Waals surface area contributed by atoms with Crippen LogP contribution in [0.5, 0.6) is 0 Å². The molecule has 2 aromatic carbocycles. The monoisotopic (exact) mass is 526 g/mol. The zero-order chi connectivity index (χ0) is 26.2. The van der Waals surface area contributed by atoms with Crippen molar-refractivity contribution in [3.05, 3.63) is 64.9 Å². The molecule has 0 aliphatic rings. The third kappa shape index (κ3) is 7.65. The smallest absolute Gasteiger partial charge is 0.304 e. The third-order valence-corrected chi connectivity index (χ3v) is 7.46. The van der Waals surface area contributed by atoms with E-state index < -0.39 is 34.5 Å². The van der Waals surface area contributed by atoms with E-state index in [1.807, 2.05) is 6.92 Å². The van der Waals surface area contributed by atoms with E-state index in [9.17, 15) is 22.4 Å². The fraction of sp³-hybridized carbons (Fsp3) is 0.417. The quantitative estimate of drug-likeness (QED) is 0.429. The van der Waals surface area contributed by atoms with Crippen LogP contribution in [0.25, 0.3) is 0 Å². The zero-order valence-electron chi connectivity index (χ0n) is 20.4. The van der Waals surface area contributed by atoms with Crippen LogP contribution in [0, 0.1) is 5.82 Å². The van der Waals surface area contributed by atoms with E-state index >= 15 is 0 Å². The van der Waals surface area contributed by atoms with Gasteiger partial charge in [0.15, 0.2) is 0 Å². The minimum atomic E-state index is -4.22. The summed E-state index contributed by atoms with van der Waals surface area (Å²) < 4.78 is 42.3.